The van der Waals surface area contributed by atoms with E-state index in [9.17, 15) is 0 Å². The fourth-order valence-corrected chi connectivity index (χ4v) is 2.84. The maximum absolute atomic E-state index is 4.89. The summed E-state index contributed by atoms with van der Waals surface area (Å²) in [5, 5.41) is 2.10. The number of hydrogen-bond acceptors (Lipinski definition) is 3. The molecule has 4 heteroatoms. The minimum atomic E-state index is 0.799. The van der Waals surface area contributed by atoms with Crippen LogP contribution in [0.3, 0.4) is 0 Å². The number of hydrogen-bond donors (Lipinski definition) is 0. The Morgan fingerprint density at radius 1 is 1.00 bits per heavy atom. The predicted molar refractivity (Wildman–Crippen MR) is 88.8 cm³/mol. The summed E-state index contributed by atoms with van der Waals surface area (Å²) in [6.45, 7) is 0. The second-order valence-electron chi connectivity index (χ2n) is 5.35. The summed E-state index contributed by atoms with van der Waals surface area (Å²) in [4.78, 5) is 9.11. The molecule has 108 valence electrons. The van der Waals surface area contributed by atoms with Gasteiger partial charge in [0.1, 0.15) is 5.69 Å². The SMILES string of the molecule is CN1c2ccncc2N=C(Cc2ccccc2)c2cccn21. The van der Waals surface area contributed by atoms with Crippen molar-refractivity contribution >= 4 is 17.1 Å². The molecule has 22 heavy (non-hydrogen) atoms. The molecule has 3 heterocycles. The molecule has 1 aromatic carbocycles. The van der Waals surface area contributed by atoms with E-state index in [1.807, 2.05) is 25.4 Å². The fraction of sp³-hybridized carbons (Fsp3) is 0.111. The molecule has 0 spiro atoms. The quantitative estimate of drug-likeness (QED) is 0.723. The summed E-state index contributed by atoms with van der Waals surface area (Å²) in [7, 11) is 2.04. The van der Waals surface area contributed by atoms with Gasteiger partial charge in [-0.15, -0.1) is 0 Å². The van der Waals surface area contributed by atoms with Crippen LogP contribution < -0.4 is 5.01 Å². The largest absolute Gasteiger partial charge is 0.282 e. The van der Waals surface area contributed by atoms with Crippen LogP contribution in [0.25, 0.3) is 0 Å². The molecule has 4 rings (SSSR count). The van der Waals surface area contributed by atoms with E-state index in [1.165, 1.54) is 5.56 Å². The Bertz CT molecular complexity index is 833. The zero-order valence-corrected chi connectivity index (χ0v) is 12.3. The fourth-order valence-electron chi connectivity index (χ4n) is 2.84. The van der Waals surface area contributed by atoms with Gasteiger partial charge in [-0.2, -0.15) is 0 Å². The first-order valence-electron chi connectivity index (χ1n) is 7.30. The summed E-state index contributed by atoms with van der Waals surface area (Å²) in [5.41, 5.74) is 5.37. The van der Waals surface area contributed by atoms with Crippen molar-refractivity contribution < 1.29 is 0 Å². The lowest BCUT2D eigenvalue weighted by Gasteiger charge is -2.22. The van der Waals surface area contributed by atoms with E-state index < -0.39 is 0 Å². The van der Waals surface area contributed by atoms with Gasteiger partial charge in [-0.05, 0) is 23.8 Å². The minimum Gasteiger partial charge on any atom is -0.282 e. The van der Waals surface area contributed by atoms with Crippen LogP contribution in [-0.4, -0.2) is 22.4 Å². The van der Waals surface area contributed by atoms with Crippen molar-refractivity contribution in [3.05, 3.63) is 78.4 Å². The number of nitrogens with zero attached hydrogens (tertiary/aromatic N) is 4. The van der Waals surface area contributed by atoms with E-state index in [0.29, 0.717) is 0 Å². The molecule has 0 aliphatic carbocycles. The van der Waals surface area contributed by atoms with Crippen LogP contribution in [0, 0.1) is 0 Å². The molecular weight excluding hydrogens is 272 g/mol. The van der Waals surface area contributed by atoms with Crippen LogP contribution in [0.5, 0.6) is 0 Å². The molecule has 0 saturated carbocycles. The molecule has 0 atom stereocenters. The second kappa shape index (κ2) is 5.15. The third-order valence-electron chi connectivity index (χ3n) is 3.94. The first-order chi connectivity index (χ1) is 10.8. The molecule has 0 saturated heterocycles. The van der Waals surface area contributed by atoms with Gasteiger partial charge in [0.05, 0.1) is 23.3 Å². The van der Waals surface area contributed by atoms with E-state index in [0.717, 1.165) is 29.2 Å². The number of aromatic nitrogens is 2. The Morgan fingerprint density at radius 2 is 1.86 bits per heavy atom. The number of anilines is 1. The maximum Gasteiger partial charge on any atom is 0.107 e. The molecule has 0 unspecified atom stereocenters. The Morgan fingerprint density at radius 3 is 2.73 bits per heavy atom. The van der Waals surface area contributed by atoms with Crippen molar-refractivity contribution in [2.75, 3.05) is 12.1 Å². The van der Waals surface area contributed by atoms with Crippen molar-refractivity contribution in [3.8, 4) is 0 Å². The average molecular weight is 288 g/mol. The van der Waals surface area contributed by atoms with Crippen molar-refractivity contribution in [1.29, 1.82) is 0 Å². The van der Waals surface area contributed by atoms with E-state index in [1.54, 1.807) is 6.20 Å². The zero-order valence-electron chi connectivity index (χ0n) is 12.3. The van der Waals surface area contributed by atoms with Gasteiger partial charge in [-0.3, -0.25) is 14.7 Å². The lowest BCUT2D eigenvalue weighted by atomic mass is 10.1. The van der Waals surface area contributed by atoms with E-state index in [-0.39, 0.29) is 0 Å². The van der Waals surface area contributed by atoms with Crippen molar-refractivity contribution in [1.82, 2.24) is 9.66 Å². The Labute approximate surface area is 129 Å². The third kappa shape index (κ3) is 2.09. The lowest BCUT2D eigenvalue weighted by Crippen LogP contribution is -2.26. The van der Waals surface area contributed by atoms with Gasteiger partial charge >= 0.3 is 0 Å². The summed E-state index contributed by atoms with van der Waals surface area (Å²) >= 11 is 0. The highest BCUT2D eigenvalue weighted by Gasteiger charge is 2.19. The molecule has 0 N–H and O–H groups in total. The monoisotopic (exact) mass is 288 g/mol. The molecule has 3 aromatic rings. The smallest absolute Gasteiger partial charge is 0.107 e. The minimum absolute atomic E-state index is 0.799. The van der Waals surface area contributed by atoms with Gasteiger partial charge in [0.15, 0.2) is 0 Å². The maximum atomic E-state index is 4.89. The Balaban J connectivity index is 1.86. The average Bonchev–Trinajstić information content (AvgIpc) is 3.01. The van der Waals surface area contributed by atoms with Crippen LogP contribution in [0.4, 0.5) is 11.4 Å². The first-order valence-corrected chi connectivity index (χ1v) is 7.30. The predicted octanol–water partition coefficient (Wildman–Crippen LogP) is 3.46. The molecule has 1 aliphatic heterocycles. The van der Waals surface area contributed by atoms with Gasteiger partial charge in [-0.25, -0.2) is 4.99 Å². The van der Waals surface area contributed by atoms with Gasteiger partial charge in [0.25, 0.3) is 0 Å². The van der Waals surface area contributed by atoms with Crippen molar-refractivity contribution in [3.63, 3.8) is 0 Å². The highest BCUT2D eigenvalue weighted by Crippen LogP contribution is 2.31. The van der Waals surface area contributed by atoms with Crippen LogP contribution in [0.15, 0.2) is 72.1 Å². The molecule has 1 aliphatic rings. The van der Waals surface area contributed by atoms with E-state index >= 15 is 0 Å². The van der Waals surface area contributed by atoms with Crippen molar-refractivity contribution in [2.45, 2.75) is 6.42 Å². The van der Waals surface area contributed by atoms with Gasteiger partial charge in [-0.1, -0.05) is 30.3 Å². The summed E-state index contributed by atoms with van der Waals surface area (Å²) in [5.74, 6) is 0. The number of rotatable bonds is 2. The van der Waals surface area contributed by atoms with Crippen molar-refractivity contribution in [2.24, 2.45) is 4.99 Å². The summed E-state index contributed by atoms with van der Waals surface area (Å²) in [6, 6.07) is 16.6. The molecule has 4 nitrogen and oxygen atoms in total. The number of aliphatic imine (C=N–C) groups is 1. The Hall–Kier alpha value is -2.88. The van der Waals surface area contributed by atoms with Crippen LogP contribution in [0.2, 0.25) is 0 Å². The number of pyridine rings is 1. The topological polar surface area (TPSA) is 33.4 Å². The highest BCUT2D eigenvalue weighted by molar-refractivity contribution is 6.03. The molecule has 0 radical (unpaired) electrons. The van der Waals surface area contributed by atoms with Crippen LogP contribution >= 0.6 is 0 Å². The first kappa shape index (κ1) is 12.8. The Kier molecular flexibility index (Phi) is 3.00. The number of benzene rings is 1. The zero-order chi connectivity index (χ0) is 14.9. The van der Waals surface area contributed by atoms with E-state index in [2.05, 4.69) is 57.3 Å². The summed E-state index contributed by atoms with van der Waals surface area (Å²) in [6.07, 6.45) is 6.48. The normalized spacial score (nSPS) is 13.1. The van der Waals surface area contributed by atoms with Crippen LogP contribution in [-0.2, 0) is 6.42 Å². The molecular formula is C18H16N4. The van der Waals surface area contributed by atoms with Crippen LogP contribution in [0.1, 0.15) is 11.3 Å². The third-order valence-corrected chi connectivity index (χ3v) is 3.94. The van der Waals surface area contributed by atoms with Gasteiger partial charge < -0.3 is 0 Å². The second-order valence-corrected chi connectivity index (χ2v) is 5.35. The standard InChI is InChI=1S/C18H16N4/c1-21-17-9-10-19-13-16(17)20-15(18-8-5-11-22(18)21)12-14-6-3-2-4-7-14/h2-11,13H,12H2,1H3. The molecule has 0 amide bonds. The molecule has 0 bridgehead atoms. The highest BCUT2D eigenvalue weighted by atomic mass is 15.5. The molecule has 0 fully saturated rings. The number of fused-ring (bicyclic) bond motifs is 2. The summed E-state index contributed by atoms with van der Waals surface area (Å²) < 4.78 is 2.13. The molecule has 2 aromatic heterocycles. The van der Waals surface area contributed by atoms with Gasteiger partial charge in [0, 0.05) is 25.9 Å². The van der Waals surface area contributed by atoms with E-state index in [4.69, 9.17) is 4.99 Å². The lowest BCUT2D eigenvalue weighted by molar-refractivity contribution is 0.776. The van der Waals surface area contributed by atoms with Gasteiger partial charge in [0.2, 0.25) is 0 Å².